The first-order chi connectivity index (χ1) is 10.3. The SMILES string of the molecule is Nc1nc(N2CCOc3ccccc32)nc2c1CNCC2. The number of nitrogens with zero attached hydrogens (tertiary/aromatic N) is 3. The summed E-state index contributed by atoms with van der Waals surface area (Å²) in [6, 6.07) is 7.95. The number of ether oxygens (including phenoxy) is 1. The standard InChI is InChI=1S/C15H17N5O/c16-14-10-9-17-6-5-11(10)18-15(19-14)20-7-8-21-13-4-2-1-3-12(13)20/h1-4,17H,5-9H2,(H2,16,18,19). The number of nitrogens with two attached hydrogens (primary N) is 1. The zero-order chi connectivity index (χ0) is 14.2. The van der Waals surface area contributed by atoms with Gasteiger partial charge in [0.2, 0.25) is 5.95 Å². The molecule has 0 spiro atoms. The highest BCUT2D eigenvalue weighted by Crippen LogP contribution is 2.35. The van der Waals surface area contributed by atoms with Gasteiger partial charge in [-0.1, -0.05) is 12.1 Å². The van der Waals surface area contributed by atoms with Gasteiger partial charge in [-0.15, -0.1) is 0 Å². The van der Waals surface area contributed by atoms with E-state index < -0.39 is 0 Å². The number of hydrogen-bond acceptors (Lipinski definition) is 6. The Morgan fingerprint density at radius 3 is 3.10 bits per heavy atom. The predicted molar refractivity (Wildman–Crippen MR) is 80.8 cm³/mol. The van der Waals surface area contributed by atoms with Crippen molar-refractivity contribution in [3.05, 3.63) is 35.5 Å². The van der Waals surface area contributed by atoms with Crippen LogP contribution < -0.4 is 20.7 Å². The molecule has 4 rings (SSSR count). The molecule has 2 aromatic rings. The Kier molecular flexibility index (Phi) is 2.89. The van der Waals surface area contributed by atoms with E-state index >= 15 is 0 Å². The highest BCUT2D eigenvalue weighted by atomic mass is 16.5. The van der Waals surface area contributed by atoms with Crippen LogP contribution >= 0.6 is 0 Å². The van der Waals surface area contributed by atoms with Crippen molar-refractivity contribution in [2.24, 2.45) is 0 Å². The fraction of sp³-hybridized carbons (Fsp3) is 0.333. The van der Waals surface area contributed by atoms with Crippen LogP contribution in [0, 0.1) is 0 Å². The molecule has 2 aliphatic heterocycles. The van der Waals surface area contributed by atoms with Gasteiger partial charge in [-0.25, -0.2) is 4.98 Å². The summed E-state index contributed by atoms with van der Waals surface area (Å²) < 4.78 is 5.68. The van der Waals surface area contributed by atoms with Gasteiger partial charge in [0.25, 0.3) is 0 Å². The van der Waals surface area contributed by atoms with E-state index in [9.17, 15) is 0 Å². The summed E-state index contributed by atoms with van der Waals surface area (Å²) in [6.45, 7) is 3.04. The first-order valence-corrected chi connectivity index (χ1v) is 7.18. The third-order valence-electron chi connectivity index (χ3n) is 3.92. The van der Waals surface area contributed by atoms with Crippen molar-refractivity contribution >= 4 is 17.5 Å². The van der Waals surface area contributed by atoms with E-state index in [1.54, 1.807) is 0 Å². The minimum atomic E-state index is 0.575. The lowest BCUT2D eigenvalue weighted by atomic mass is 10.1. The van der Waals surface area contributed by atoms with Gasteiger partial charge < -0.3 is 20.7 Å². The molecule has 6 nitrogen and oxygen atoms in total. The Morgan fingerprint density at radius 2 is 2.14 bits per heavy atom. The van der Waals surface area contributed by atoms with Crippen LogP contribution in [0.15, 0.2) is 24.3 Å². The number of para-hydroxylation sites is 2. The van der Waals surface area contributed by atoms with Crippen LogP contribution in [0.1, 0.15) is 11.3 Å². The molecular weight excluding hydrogens is 266 g/mol. The molecule has 0 aliphatic carbocycles. The summed E-state index contributed by atoms with van der Waals surface area (Å²) in [7, 11) is 0. The van der Waals surface area contributed by atoms with Gasteiger partial charge in [0, 0.05) is 25.1 Å². The Labute approximate surface area is 123 Å². The average molecular weight is 283 g/mol. The molecule has 0 saturated carbocycles. The van der Waals surface area contributed by atoms with Crippen molar-refractivity contribution in [3.63, 3.8) is 0 Å². The summed E-state index contributed by atoms with van der Waals surface area (Å²) in [5.74, 6) is 2.11. The number of benzene rings is 1. The molecule has 1 aromatic heterocycles. The summed E-state index contributed by atoms with van der Waals surface area (Å²) in [5, 5.41) is 3.30. The lowest BCUT2D eigenvalue weighted by molar-refractivity contribution is 0.313. The van der Waals surface area contributed by atoms with Crippen molar-refractivity contribution in [2.75, 3.05) is 30.3 Å². The topological polar surface area (TPSA) is 76.3 Å². The molecule has 1 aromatic carbocycles. The Bertz CT molecular complexity index is 688. The molecule has 0 saturated heterocycles. The second-order valence-electron chi connectivity index (χ2n) is 5.23. The maximum atomic E-state index is 6.12. The first kappa shape index (κ1) is 12.4. The van der Waals surface area contributed by atoms with Gasteiger partial charge in [0.15, 0.2) is 0 Å². The maximum Gasteiger partial charge on any atom is 0.232 e. The number of aromatic nitrogens is 2. The van der Waals surface area contributed by atoms with Gasteiger partial charge >= 0.3 is 0 Å². The smallest absolute Gasteiger partial charge is 0.232 e. The van der Waals surface area contributed by atoms with Gasteiger partial charge in [-0.2, -0.15) is 4.98 Å². The van der Waals surface area contributed by atoms with Gasteiger partial charge in [-0.3, -0.25) is 0 Å². The van der Waals surface area contributed by atoms with Gasteiger partial charge in [-0.05, 0) is 12.1 Å². The maximum absolute atomic E-state index is 6.12. The lowest BCUT2D eigenvalue weighted by Gasteiger charge is -2.30. The number of fused-ring (bicyclic) bond motifs is 2. The summed E-state index contributed by atoms with van der Waals surface area (Å²) >= 11 is 0. The van der Waals surface area contributed by atoms with Crippen molar-refractivity contribution < 1.29 is 4.74 Å². The predicted octanol–water partition coefficient (Wildman–Crippen LogP) is 1.23. The Morgan fingerprint density at radius 1 is 1.24 bits per heavy atom. The van der Waals surface area contributed by atoms with Crippen LogP contribution in [0.25, 0.3) is 0 Å². The molecule has 0 atom stereocenters. The number of anilines is 3. The van der Waals surface area contributed by atoms with Crippen LogP contribution in [0.2, 0.25) is 0 Å². The Hall–Kier alpha value is -2.34. The fourth-order valence-electron chi connectivity index (χ4n) is 2.85. The third kappa shape index (κ3) is 2.08. The molecule has 21 heavy (non-hydrogen) atoms. The van der Waals surface area contributed by atoms with Crippen molar-refractivity contribution in [3.8, 4) is 5.75 Å². The van der Waals surface area contributed by atoms with E-state index in [1.807, 2.05) is 24.3 Å². The fourth-order valence-corrected chi connectivity index (χ4v) is 2.85. The highest BCUT2D eigenvalue weighted by molar-refractivity contribution is 5.67. The molecule has 108 valence electrons. The molecule has 0 fully saturated rings. The zero-order valence-corrected chi connectivity index (χ0v) is 11.7. The largest absolute Gasteiger partial charge is 0.490 e. The van der Waals surface area contributed by atoms with E-state index in [-0.39, 0.29) is 0 Å². The summed E-state index contributed by atoms with van der Waals surface area (Å²) in [4.78, 5) is 11.3. The van der Waals surface area contributed by atoms with E-state index in [0.29, 0.717) is 18.4 Å². The molecular formula is C15H17N5O. The molecule has 2 aliphatic rings. The van der Waals surface area contributed by atoms with Gasteiger partial charge in [0.1, 0.15) is 18.2 Å². The lowest BCUT2D eigenvalue weighted by Crippen LogP contribution is -2.32. The van der Waals surface area contributed by atoms with Crippen LogP contribution in [0.5, 0.6) is 5.75 Å². The summed E-state index contributed by atoms with van der Waals surface area (Å²) in [5.41, 5.74) is 9.21. The van der Waals surface area contributed by atoms with E-state index in [2.05, 4.69) is 15.2 Å². The third-order valence-corrected chi connectivity index (χ3v) is 3.92. The average Bonchev–Trinajstić information content (AvgIpc) is 2.54. The van der Waals surface area contributed by atoms with Crippen molar-refractivity contribution in [1.82, 2.24) is 15.3 Å². The van der Waals surface area contributed by atoms with E-state index in [0.717, 1.165) is 48.7 Å². The molecule has 0 unspecified atom stereocenters. The number of hydrogen-bond donors (Lipinski definition) is 2. The Balaban J connectivity index is 1.79. The number of nitrogens with one attached hydrogen (secondary N) is 1. The quantitative estimate of drug-likeness (QED) is 0.820. The van der Waals surface area contributed by atoms with E-state index in [4.69, 9.17) is 15.5 Å². The van der Waals surface area contributed by atoms with Crippen molar-refractivity contribution in [1.29, 1.82) is 0 Å². The second-order valence-corrected chi connectivity index (χ2v) is 5.23. The monoisotopic (exact) mass is 283 g/mol. The first-order valence-electron chi connectivity index (χ1n) is 7.18. The molecule has 3 N–H and O–H groups in total. The van der Waals surface area contributed by atoms with Gasteiger partial charge in [0.05, 0.1) is 17.9 Å². The number of rotatable bonds is 1. The molecule has 3 heterocycles. The number of nitrogen functional groups attached to an aromatic ring is 1. The van der Waals surface area contributed by atoms with Crippen LogP contribution in [-0.2, 0) is 13.0 Å². The second kappa shape index (κ2) is 4.89. The highest BCUT2D eigenvalue weighted by Gasteiger charge is 2.24. The molecule has 0 radical (unpaired) electrons. The van der Waals surface area contributed by atoms with E-state index in [1.165, 1.54) is 0 Å². The van der Waals surface area contributed by atoms with Crippen molar-refractivity contribution in [2.45, 2.75) is 13.0 Å². The minimum absolute atomic E-state index is 0.575. The van der Waals surface area contributed by atoms with Crippen LogP contribution in [0.4, 0.5) is 17.5 Å². The zero-order valence-electron chi connectivity index (χ0n) is 11.7. The summed E-state index contributed by atoms with van der Waals surface area (Å²) in [6.07, 6.45) is 0.890. The minimum Gasteiger partial charge on any atom is -0.490 e. The molecule has 6 heteroatoms. The van der Waals surface area contributed by atoms with Crippen LogP contribution in [-0.4, -0.2) is 29.7 Å². The normalized spacial score (nSPS) is 16.9. The van der Waals surface area contributed by atoms with Crippen LogP contribution in [0.3, 0.4) is 0 Å². The molecule has 0 amide bonds. The molecule has 0 bridgehead atoms.